The number of benzene rings is 3. The Labute approximate surface area is 309 Å². The second kappa shape index (κ2) is 15.8. The standard InChI is InChI=1S/C42H46N4O5S/c1-27(47)45-23-21-35(22-24-45)46(34-19-20-34)26-30-5-4-6-32(25-30)39(48)44-41-38(36-7-2-3-8-37(36)52-41)40(49)43-33-17-13-29(14-18-33)10-9-28-11-15-31(16-12-28)42(50)51/h4-6,11-18,25,34-35H,2-3,7-10,19-24,26H2,1H3,(H,43,49)(H,44,48)(H,50,51). The van der Waals surface area contributed by atoms with Crippen molar-refractivity contribution in [3.05, 3.63) is 117 Å². The molecule has 52 heavy (non-hydrogen) atoms. The van der Waals surface area contributed by atoms with Crippen molar-refractivity contribution < 1.29 is 24.3 Å². The number of aromatic carboxylic acids is 1. The second-order valence-electron chi connectivity index (χ2n) is 14.4. The van der Waals surface area contributed by atoms with Crippen LogP contribution in [0.25, 0.3) is 0 Å². The molecular formula is C42H46N4O5S. The van der Waals surface area contributed by atoms with Gasteiger partial charge in [-0.2, -0.15) is 0 Å². The van der Waals surface area contributed by atoms with Gasteiger partial charge >= 0.3 is 5.97 Å². The lowest BCUT2D eigenvalue weighted by atomic mass is 9.95. The van der Waals surface area contributed by atoms with Gasteiger partial charge in [0.05, 0.1) is 11.1 Å². The van der Waals surface area contributed by atoms with Crippen LogP contribution < -0.4 is 10.6 Å². The van der Waals surface area contributed by atoms with Crippen LogP contribution in [-0.4, -0.2) is 63.8 Å². The predicted octanol–water partition coefficient (Wildman–Crippen LogP) is 7.59. The third kappa shape index (κ3) is 8.45. The lowest BCUT2D eigenvalue weighted by Gasteiger charge is -2.38. The van der Waals surface area contributed by atoms with Crippen LogP contribution in [0.5, 0.6) is 0 Å². The maximum absolute atomic E-state index is 13.9. The highest BCUT2D eigenvalue weighted by Crippen LogP contribution is 2.39. The molecule has 10 heteroatoms. The molecule has 0 bridgehead atoms. The summed E-state index contributed by atoms with van der Waals surface area (Å²) in [4.78, 5) is 56.4. The summed E-state index contributed by atoms with van der Waals surface area (Å²) in [5.74, 6) is -1.22. The molecule has 3 aromatic carbocycles. The number of carbonyl (C=O) groups is 4. The fraction of sp³-hybridized carbons (Fsp3) is 0.381. The number of amides is 3. The summed E-state index contributed by atoms with van der Waals surface area (Å²) < 4.78 is 0. The summed E-state index contributed by atoms with van der Waals surface area (Å²) >= 11 is 1.52. The van der Waals surface area contributed by atoms with E-state index in [2.05, 4.69) is 21.6 Å². The first-order chi connectivity index (χ1) is 25.2. The number of nitrogens with zero attached hydrogens (tertiary/aromatic N) is 2. The molecule has 7 rings (SSSR count). The molecule has 2 fully saturated rings. The van der Waals surface area contributed by atoms with Crippen molar-refractivity contribution in [1.29, 1.82) is 0 Å². The number of thiophene rings is 1. The van der Waals surface area contributed by atoms with Crippen molar-refractivity contribution in [3.8, 4) is 0 Å². The van der Waals surface area contributed by atoms with Crippen molar-refractivity contribution in [2.24, 2.45) is 0 Å². The molecular weight excluding hydrogens is 673 g/mol. The molecule has 3 amide bonds. The van der Waals surface area contributed by atoms with Crippen molar-refractivity contribution in [2.45, 2.75) is 89.8 Å². The minimum atomic E-state index is -0.932. The van der Waals surface area contributed by atoms with E-state index in [1.165, 1.54) is 29.1 Å². The Morgan fingerprint density at radius 2 is 1.42 bits per heavy atom. The van der Waals surface area contributed by atoms with Crippen LogP contribution in [0.4, 0.5) is 10.7 Å². The summed E-state index contributed by atoms with van der Waals surface area (Å²) in [6.45, 7) is 4.01. The van der Waals surface area contributed by atoms with Crippen LogP contribution in [-0.2, 0) is 37.0 Å². The van der Waals surface area contributed by atoms with Gasteiger partial charge in [0.1, 0.15) is 5.00 Å². The van der Waals surface area contributed by atoms with Gasteiger partial charge in [-0.15, -0.1) is 11.3 Å². The molecule has 3 N–H and O–H groups in total. The van der Waals surface area contributed by atoms with Crippen LogP contribution >= 0.6 is 11.3 Å². The number of rotatable bonds is 12. The number of hydrogen-bond donors (Lipinski definition) is 3. The van der Waals surface area contributed by atoms with E-state index in [4.69, 9.17) is 5.11 Å². The molecule has 9 nitrogen and oxygen atoms in total. The Kier molecular flexibility index (Phi) is 10.8. The summed E-state index contributed by atoms with van der Waals surface area (Å²) in [6.07, 6.45) is 9.69. The molecule has 270 valence electrons. The maximum atomic E-state index is 13.9. The number of hydrogen-bond acceptors (Lipinski definition) is 6. The van der Waals surface area contributed by atoms with Gasteiger partial charge in [0.15, 0.2) is 0 Å². The number of likely N-dealkylation sites (tertiary alicyclic amines) is 1. The number of anilines is 2. The van der Waals surface area contributed by atoms with Crippen LogP contribution in [0, 0.1) is 0 Å². The van der Waals surface area contributed by atoms with E-state index in [1.807, 2.05) is 59.5 Å². The first kappa shape index (κ1) is 35.6. The van der Waals surface area contributed by atoms with Gasteiger partial charge in [0.2, 0.25) is 5.91 Å². The van der Waals surface area contributed by atoms with E-state index >= 15 is 0 Å². The van der Waals surface area contributed by atoms with Crippen LogP contribution in [0.2, 0.25) is 0 Å². The molecule has 1 saturated carbocycles. The molecule has 1 saturated heterocycles. The zero-order valence-electron chi connectivity index (χ0n) is 29.7. The number of carbonyl (C=O) groups excluding carboxylic acids is 3. The van der Waals surface area contributed by atoms with Gasteiger partial charge < -0.3 is 20.6 Å². The Hall–Kier alpha value is -4.80. The van der Waals surface area contributed by atoms with E-state index in [1.54, 1.807) is 19.1 Å². The lowest BCUT2D eigenvalue weighted by molar-refractivity contribution is -0.130. The van der Waals surface area contributed by atoms with Gasteiger partial charge in [0.25, 0.3) is 11.8 Å². The molecule has 3 aliphatic rings. The molecule has 0 spiro atoms. The van der Waals surface area contributed by atoms with Crippen molar-refractivity contribution in [3.63, 3.8) is 0 Å². The average molecular weight is 719 g/mol. The molecule has 1 aromatic heterocycles. The van der Waals surface area contributed by atoms with Gasteiger partial charge in [0, 0.05) is 54.8 Å². The molecule has 1 aliphatic heterocycles. The molecule has 0 unspecified atom stereocenters. The first-order valence-electron chi connectivity index (χ1n) is 18.5. The summed E-state index contributed by atoms with van der Waals surface area (Å²) in [7, 11) is 0. The van der Waals surface area contributed by atoms with Gasteiger partial charge in [-0.25, -0.2) is 4.79 Å². The predicted molar refractivity (Wildman–Crippen MR) is 204 cm³/mol. The Bertz CT molecular complexity index is 1940. The Morgan fingerprint density at radius 3 is 2.08 bits per heavy atom. The van der Waals surface area contributed by atoms with E-state index in [0.29, 0.717) is 33.9 Å². The van der Waals surface area contributed by atoms with Gasteiger partial charge in [-0.05, 0) is 123 Å². The molecule has 0 atom stereocenters. The number of nitrogens with one attached hydrogen (secondary N) is 2. The van der Waals surface area contributed by atoms with Crippen LogP contribution in [0.1, 0.15) is 104 Å². The Balaban J connectivity index is 1.01. The lowest BCUT2D eigenvalue weighted by Crippen LogP contribution is -2.46. The van der Waals surface area contributed by atoms with E-state index in [0.717, 1.165) is 93.3 Å². The minimum Gasteiger partial charge on any atom is -0.478 e. The maximum Gasteiger partial charge on any atom is 0.335 e. The number of carboxylic acids is 1. The number of aryl methyl sites for hydroxylation is 3. The largest absolute Gasteiger partial charge is 0.478 e. The SMILES string of the molecule is CC(=O)N1CCC(N(Cc2cccc(C(=O)Nc3sc4c(c3C(=O)Nc3ccc(CCc5ccc(C(=O)O)cc5)cc3)CCCC4)c2)C2CC2)CC1. The highest BCUT2D eigenvalue weighted by molar-refractivity contribution is 7.17. The number of piperidine rings is 1. The topological polar surface area (TPSA) is 119 Å². The quantitative estimate of drug-likeness (QED) is 0.139. The molecule has 2 aliphatic carbocycles. The number of carboxylic acid groups (broad SMARTS) is 1. The van der Waals surface area contributed by atoms with Gasteiger partial charge in [-0.3, -0.25) is 19.3 Å². The first-order valence-corrected chi connectivity index (χ1v) is 19.3. The zero-order chi connectivity index (χ0) is 36.2. The monoisotopic (exact) mass is 718 g/mol. The minimum absolute atomic E-state index is 0.147. The molecule has 0 radical (unpaired) electrons. The van der Waals surface area contributed by atoms with Crippen LogP contribution in [0.3, 0.4) is 0 Å². The zero-order valence-corrected chi connectivity index (χ0v) is 30.5. The fourth-order valence-electron chi connectivity index (χ4n) is 7.62. The smallest absolute Gasteiger partial charge is 0.335 e. The highest BCUT2D eigenvalue weighted by Gasteiger charge is 2.36. The summed E-state index contributed by atoms with van der Waals surface area (Å²) in [5, 5.41) is 16.0. The molecule has 4 aromatic rings. The second-order valence-corrected chi connectivity index (χ2v) is 15.5. The summed E-state index contributed by atoms with van der Waals surface area (Å²) in [6, 6.07) is 23.6. The Morgan fingerprint density at radius 1 is 0.769 bits per heavy atom. The summed E-state index contributed by atoms with van der Waals surface area (Å²) in [5.41, 5.74) is 6.42. The normalized spacial score (nSPS) is 16.0. The highest BCUT2D eigenvalue weighted by atomic mass is 32.1. The third-order valence-electron chi connectivity index (χ3n) is 10.7. The average Bonchev–Trinajstić information content (AvgIpc) is 3.94. The number of fused-ring (bicyclic) bond motifs is 1. The van der Waals surface area contributed by atoms with E-state index in [9.17, 15) is 19.2 Å². The van der Waals surface area contributed by atoms with Gasteiger partial charge in [-0.1, -0.05) is 36.4 Å². The third-order valence-corrected chi connectivity index (χ3v) is 11.9. The fourth-order valence-corrected chi connectivity index (χ4v) is 8.90. The van der Waals surface area contributed by atoms with E-state index < -0.39 is 5.97 Å². The van der Waals surface area contributed by atoms with Crippen molar-refractivity contribution in [2.75, 3.05) is 23.7 Å². The van der Waals surface area contributed by atoms with Crippen molar-refractivity contribution in [1.82, 2.24) is 9.80 Å². The van der Waals surface area contributed by atoms with Crippen LogP contribution in [0.15, 0.2) is 72.8 Å². The van der Waals surface area contributed by atoms with E-state index in [-0.39, 0.29) is 23.3 Å². The molecule has 2 heterocycles. The van der Waals surface area contributed by atoms with Crippen molar-refractivity contribution >= 4 is 45.7 Å².